The summed E-state index contributed by atoms with van der Waals surface area (Å²) >= 11 is 0. The first-order chi connectivity index (χ1) is 10.3. The molecule has 0 saturated carbocycles. The van der Waals surface area contributed by atoms with Gasteiger partial charge in [-0.2, -0.15) is 0 Å². The quantitative estimate of drug-likeness (QED) is 0.849. The summed E-state index contributed by atoms with van der Waals surface area (Å²) < 4.78 is 5.66. The van der Waals surface area contributed by atoms with Crippen molar-refractivity contribution in [2.24, 2.45) is 0 Å². The Balaban J connectivity index is 1.51. The highest BCUT2D eigenvalue weighted by Crippen LogP contribution is 2.31. The molecule has 2 fully saturated rings. The van der Waals surface area contributed by atoms with E-state index in [1.807, 2.05) is 7.11 Å². The highest BCUT2D eigenvalue weighted by molar-refractivity contribution is 5.44. The van der Waals surface area contributed by atoms with Crippen LogP contribution in [-0.2, 0) is 19.4 Å². The molecular formula is C18H26N2O. The Morgan fingerprint density at radius 2 is 1.95 bits per heavy atom. The van der Waals surface area contributed by atoms with Crippen LogP contribution in [0, 0.1) is 0 Å². The molecule has 0 bridgehead atoms. The second-order valence-electron chi connectivity index (χ2n) is 6.85. The highest BCUT2D eigenvalue weighted by Gasteiger charge is 2.30. The average Bonchev–Trinajstić information content (AvgIpc) is 3.13. The Labute approximate surface area is 127 Å². The second-order valence-corrected chi connectivity index (χ2v) is 6.85. The number of benzene rings is 1. The molecule has 1 aromatic rings. The molecule has 2 saturated heterocycles. The molecule has 1 aromatic carbocycles. The number of nitrogens with zero attached hydrogens (tertiary/aromatic N) is 2. The Morgan fingerprint density at radius 1 is 1.10 bits per heavy atom. The lowest BCUT2D eigenvalue weighted by Gasteiger charge is -2.37. The minimum Gasteiger partial charge on any atom is -0.496 e. The number of methoxy groups -OCH3 is 1. The van der Waals surface area contributed by atoms with Crippen LogP contribution in [0.3, 0.4) is 0 Å². The minimum absolute atomic E-state index is 0.805. The van der Waals surface area contributed by atoms with Crippen molar-refractivity contribution in [3.63, 3.8) is 0 Å². The van der Waals surface area contributed by atoms with Crippen molar-refractivity contribution in [1.29, 1.82) is 0 Å². The molecule has 21 heavy (non-hydrogen) atoms. The molecule has 1 atom stereocenters. The fourth-order valence-corrected chi connectivity index (χ4v) is 4.41. The van der Waals surface area contributed by atoms with E-state index in [4.69, 9.17) is 4.74 Å². The van der Waals surface area contributed by atoms with Crippen LogP contribution >= 0.6 is 0 Å². The van der Waals surface area contributed by atoms with Crippen molar-refractivity contribution < 1.29 is 4.74 Å². The van der Waals surface area contributed by atoms with E-state index >= 15 is 0 Å². The first-order valence-corrected chi connectivity index (χ1v) is 8.48. The van der Waals surface area contributed by atoms with Crippen LogP contribution in [0.4, 0.5) is 0 Å². The zero-order valence-corrected chi connectivity index (χ0v) is 13.1. The highest BCUT2D eigenvalue weighted by atomic mass is 16.5. The number of aryl methyl sites for hydroxylation is 2. The van der Waals surface area contributed by atoms with Crippen LogP contribution in [0.25, 0.3) is 0 Å². The first kappa shape index (κ1) is 13.6. The monoisotopic (exact) mass is 286 g/mol. The topological polar surface area (TPSA) is 15.7 Å². The maximum atomic E-state index is 5.66. The summed E-state index contributed by atoms with van der Waals surface area (Å²) in [6.07, 6.45) is 6.57. The fourth-order valence-electron chi connectivity index (χ4n) is 4.41. The molecule has 0 amide bonds. The molecule has 2 aliphatic heterocycles. The van der Waals surface area contributed by atoms with Crippen molar-refractivity contribution in [3.8, 4) is 5.75 Å². The molecule has 0 aromatic heterocycles. The van der Waals surface area contributed by atoms with E-state index in [0.717, 1.165) is 18.3 Å². The zero-order chi connectivity index (χ0) is 14.2. The van der Waals surface area contributed by atoms with Gasteiger partial charge in [-0.25, -0.2) is 0 Å². The second kappa shape index (κ2) is 5.62. The van der Waals surface area contributed by atoms with Gasteiger partial charge in [0.1, 0.15) is 5.75 Å². The van der Waals surface area contributed by atoms with E-state index in [9.17, 15) is 0 Å². The van der Waals surface area contributed by atoms with Gasteiger partial charge in [-0.15, -0.1) is 0 Å². The smallest absolute Gasteiger partial charge is 0.123 e. The Hall–Kier alpha value is -1.06. The minimum atomic E-state index is 0.805. The molecule has 2 heterocycles. The summed E-state index contributed by atoms with van der Waals surface area (Å²) in [7, 11) is 1.81. The van der Waals surface area contributed by atoms with E-state index in [2.05, 4.69) is 21.9 Å². The van der Waals surface area contributed by atoms with Crippen molar-refractivity contribution >= 4 is 0 Å². The van der Waals surface area contributed by atoms with Crippen LogP contribution < -0.4 is 4.74 Å². The largest absolute Gasteiger partial charge is 0.496 e. The lowest BCUT2D eigenvalue weighted by molar-refractivity contribution is 0.0987. The van der Waals surface area contributed by atoms with E-state index < -0.39 is 0 Å². The normalized spacial score (nSPS) is 25.9. The van der Waals surface area contributed by atoms with Gasteiger partial charge in [0.25, 0.3) is 0 Å². The summed E-state index contributed by atoms with van der Waals surface area (Å²) in [4.78, 5) is 5.31. The average molecular weight is 286 g/mol. The van der Waals surface area contributed by atoms with Gasteiger partial charge >= 0.3 is 0 Å². The van der Waals surface area contributed by atoms with E-state index in [0.29, 0.717) is 0 Å². The SMILES string of the molecule is COc1cc2c(cc1CN1CCN3CCCC3C1)CCC2. The van der Waals surface area contributed by atoms with Gasteiger partial charge in [0.15, 0.2) is 0 Å². The summed E-state index contributed by atoms with van der Waals surface area (Å²) in [5.41, 5.74) is 4.46. The standard InChI is InChI=1S/C18H26N2O/c1-21-18-11-15-5-2-4-14(15)10-16(18)12-19-8-9-20-7-3-6-17(20)13-19/h10-11,17H,2-9,12-13H2,1H3. The lowest BCUT2D eigenvalue weighted by Crippen LogP contribution is -2.49. The molecule has 1 aliphatic carbocycles. The molecular weight excluding hydrogens is 260 g/mol. The number of ether oxygens (including phenoxy) is 1. The summed E-state index contributed by atoms with van der Waals surface area (Å²) in [6, 6.07) is 5.52. The lowest BCUT2D eigenvalue weighted by atomic mass is 10.0. The molecule has 0 spiro atoms. The van der Waals surface area contributed by atoms with Crippen molar-refractivity contribution in [3.05, 3.63) is 28.8 Å². The molecule has 0 N–H and O–H groups in total. The van der Waals surface area contributed by atoms with Crippen molar-refractivity contribution in [1.82, 2.24) is 9.80 Å². The van der Waals surface area contributed by atoms with E-state index in [-0.39, 0.29) is 0 Å². The van der Waals surface area contributed by atoms with Crippen molar-refractivity contribution in [2.45, 2.75) is 44.7 Å². The maximum Gasteiger partial charge on any atom is 0.123 e. The van der Waals surface area contributed by atoms with Crippen LogP contribution in [0.2, 0.25) is 0 Å². The summed E-state index contributed by atoms with van der Waals surface area (Å²) in [5.74, 6) is 1.10. The first-order valence-electron chi connectivity index (χ1n) is 8.48. The number of hydrogen-bond acceptors (Lipinski definition) is 3. The molecule has 3 aliphatic rings. The third-order valence-electron chi connectivity index (χ3n) is 5.56. The van der Waals surface area contributed by atoms with E-state index in [1.54, 1.807) is 5.56 Å². The number of fused-ring (bicyclic) bond motifs is 2. The van der Waals surface area contributed by atoms with Crippen LogP contribution in [0.15, 0.2) is 12.1 Å². The molecule has 1 unspecified atom stereocenters. The third kappa shape index (κ3) is 2.58. The van der Waals surface area contributed by atoms with Gasteiger partial charge in [-0.3, -0.25) is 9.80 Å². The molecule has 3 nitrogen and oxygen atoms in total. The summed E-state index contributed by atoms with van der Waals surface area (Å²) in [5, 5.41) is 0. The maximum absolute atomic E-state index is 5.66. The van der Waals surface area contributed by atoms with Crippen LogP contribution in [0.1, 0.15) is 36.0 Å². The zero-order valence-electron chi connectivity index (χ0n) is 13.1. The van der Waals surface area contributed by atoms with Gasteiger partial charge in [0.2, 0.25) is 0 Å². The number of rotatable bonds is 3. The van der Waals surface area contributed by atoms with E-state index in [1.165, 1.54) is 69.4 Å². The van der Waals surface area contributed by atoms with Crippen LogP contribution in [-0.4, -0.2) is 49.1 Å². The number of hydrogen-bond donors (Lipinski definition) is 0. The Morgan fingerprint density at radius 3 is 2.81 bits per heavy atom. The van der Waals surface area contributed by atoms with Gasteiger partial charge in [0.05, 0.1) is 7.11 Å². The van der Waals surface area contributed by atoms with Gasteiger partial charge < -0.3 is 4.74 Å². The van der Waals surface area contributed by atoms with Crippen molar-refractivity contribution in [2.75, 3.05) is 33.3 Å². The van der Waals surface area contributed by atoms with Crippen LogP contribution in [0.5, 0.6) is 5.75 Å². The molecule has 4 rings (SSSR count). The van der Waals surface area contributed by atoms with Gasteiger partial charge in [-0.1, -0.05) is 6.07 Å². The fraction of sp³-hybridized carbons (Fsp3) is 0.667. The number of piperazine rings is 1. The molecule has 114 valence electrons. The third-order valence-corrected chi connectivity index (χ3v) is 5.56. The predicted molar refractivity (Wildman–Crippen MR) is 84.9 cm³/mol. The summed E-state index contributed by atoms with van der Waals surface area (Å²) in [6.45, 7) is 6.07. The predicted octanol–water partition coefficient (Wildman–Crippen LogP) is 2.46. The Bertz CT molecular complexity index is 528. The Kier molecular flexibility index (Phi) is 3.64. The van der Waals surface area contributed by atoms with Gasteiger partial charge in [-0.05, 0) is 55.8 Å². The molecule has 3 heteroatoms. The molecule has 0 radical (unpaired) electrons. The van der Waals surface area contributed by atoms with Gasteiger partial charge in [0, 0.05) is 37.8 Å².